The van der Waals surface area contributed by atoms with Crippen LogP contribution in [0.1, 0.15) is 46.4 Å². The Kier molecular flexibility index (Phi) is 10.1. The number of aromatic carboxylic acids is 1. The SMILES string of the molecule is O=C(O)c1c(Br)c(Br)c(Br)c(Br)c1C(=O)OCCCC(O)CCCO. The van der Waals surface area contributed by atoms with Crippen LogP contribution in [0.2, 0.25) is 0 Å². The minimum Gasteiger partial charge on any atom is -0.478 e. The van der Waals surface area contributed by atoms with Crippen LogP contribution in [-0.4, -0.2) is 46.6 Å². The first-order valence-corrected chi connectivity index (χ1v) is 10.4. The lowest BCUT2D eigenvalue weighted by atomic mass is 10.1. The Labute approximate surface area is 178 Å². The number of carboxylic acids is 1. The van der Waals surface area contributed by atoms with Gasteiger partial charge in [-0.2, -0.15) is 0 Å². The van der Waals surface area contributed by atoms with Gasteiger partial charge in [0.2, 0.25) is 0 Å². The first kappa shape index (κ1) is 23.0. The minimum atomic E-state index is -1.27. The zero-order chi connectivity index (χ0) is 19.1. The quantitative estimate of drug-likeness (QED) is 0.164. The summed E-state index contributed by atoms with van der Waals surface area (Å²) in [6, 6.07) is 0. The smallest absolute Gasteiger partial charge is 0.340 e. The van der Waals surface area contributed by atoms with Gasteiger partial charge < -0.3 is 20.1 Å². The monoisotopic (exact) mass is 608 g/mol. The maximum Gasteiger partial charge on any atom is 0.340 e. The Bertz CT molecular complexity index is 650. The van der Waals surface area contributed by atoms with Crippen molar-refractivity contribution in [3.63, 3.8) is 0 Å². The van der Waals surface area contributed by atoms with Gasteiger partial charge >= 0.3 is 11.9 Å². The van der Waals surface area contributed by atoms with E-state index in [4.69, 9.17) is 9.84 Å². The predicted molar refractivity (Wildman–Crippen MR) is 106 cm³/mol. The Morgan fingerprint density at radius 2 is 1.44 bits per heavy atom. The molecule has 1 atom stereocenters. The second-order valence-corrected chi connectivity index (χ2v) is 8.28. The average Bonchev–Trinajstić information content (AvgIpc) is 2.57. The summed E-state index contributed by atoms with van der Waals surface area (Å²) in [7, 11) is 0. The van der Waals surface area contributed by atoms with Gasteiger partial charge in [0.05, 0.1) is 23.8 Å². The fourth-order valence-corrected chi connectivity index (χ4v) is 4.50. The Morgan fingerprint density at radius 3 is 1.96 bits per heavy atom. The van der Waals surface area contributed by atoms with Crippen LogP contribution in [0, 0.1) is 0 Å². The highest BCUT2D eigenvalue weighted by atomic mass is 79.9. The van der Waals surface area contributed by atoms with Gasteiger partial charge in [0.1, 0.15) is 0 Å². The zero-order valence-corrected chi connectivity index (χ0v) is 19.2. The van der Waals surface area contributed by atoms with Crippen LogP contribution < -0.4 is 0 Å². The Morgan fingerprint density at radius 1 is 0.920 bits per heavy atom. The molecule has 0 aliphatic heterocycles. The highest BCUT2D eigenvalue weighted by Gasteiger charge is 2.28. The third-order valence-electron chi connectivity index (χ3n) is 3.30. The molecular weight excluding hydrogens is 596 g/mol. The van der Waals surface area contributed by atoms with Crippen LogP contribution in [0.25, 0.3) is 0 Å². The number of aliphatic hydroxyl groups is 2. The van der Waals surface area contributed by atoms with Crippen LogP contribution in [0.3, 0.4) is 0 Å². The summed E-state index contributed by atoms with van der Waals surface area (Å²) in [5.74, 6) is -2.05. The summed E-state index contributed by atoms with van der Waals surface area (Å²) in [5.41, 5.74) is -0.315. The molecule has 0 radical (unpaired) electrons. The third-order valence-corrected chi connectivity index (χ3v) is 8.06. The van der Waals surface area contributed by atoms with E-state index in [1.165, 1.54) is 0 Å². The molecule has 1 aromatic carbocycles. The number of ether oxygens (including phenoxy) is 1. The number of carboxylic acid groups (broad SMARTS) is 1. The molecule has 0 spiro atoms. The maximum absolute atomic E-state index is 12.4. The molecular formula is C15H16Br4O6. The van der Waals surface area contributed by atoms with E-state index in [0.29, 0.717) is 34.6 Å². The molecule has 0 aliphatic rings. The molecule has 0 saturated heterocycles. The first-order valence-electron chi connectivity index (χ1n) is 7.27. The Balaban J connectivity index is 2.84. The van der Waals surface area contributed by atoms with Crippen LogP contribution in [-0.2, 0) is 4.74 Å². The molecule has 1 aromatic rings. The van der Waals surface area contributed by atoms with Crippen molar-refractivity contribution < 1.29 is 29.6 Å². The number of benzene rings is 1. The van der Waals surface area contributed by atoms with E-state index in [1.54, 1.807) is 0 Å². The lowest BCUT2D eigenvalue weighted by Gasteiger charge is -2.14. The molecule has 0 aromatic heterocycles. The zero-order valence-electron chi connectivity index (χ0n) is 12.9. The molecule has 0 heterocycles. The van der Waals surface area contributed by atoms with Gasteiger partial charge in [-0.15, -0.1) is 0 Å². The molecule has 140 valence electrons. The van der Waals surface area contributed by atoms with Crippen molar-refractivity contribution in [2.75, 3.05) is 13.2 Å². The minimum absolute atomic E-state index is 0.0192. The summed E-state index contributed by atoms with van der Waals surface area (Å²) < 4.78 is 6.59. The number of halogens is 4. The molecule has 1 unspecified atom stereocenters. The lowest BCUT2D eigenvalue weighted by Crippen LogP contribution is -2.16. The predicted octanol–water partition coefficient (Wildman–Crippen LogP) is 4.51. The van der Waals surface area contributed by atoms with Crippen molar-refractivity contribution in [3.05, 3.63) is 29.0 Å². The van der Waals surface area contributed by atoms with Crippen molar-refractivity contribution in [3.8, 4) is 0 Å². The first-order chi connectivity index (χ1) is 11.7. The van der Waals surface area contributed by atoms with Crippen LogP contribution in [0.15, 0.2) is 17.9 Å². The molecule has 10 heteroatoms. The molecule has 0 bridgehead atoms. The van der Waals surface area contributed by atoms with E-state index < -0.39 is 18.0 Å². The van der Waals surface area contributed by atoms with Crippen molar-refractivity contribution in [2.45, 2.75) is 31.8 Å². The van der Waals surface area contributed by atoms with Crippen LogP contribution in [0.4, 0.5) is 0 Å². The van der Waals surface area contributed by atoms with Gasteiger partial charge in [0, 0.05) is 24.5 Å². The molecule has 0 saturated carbocycles. The van der Waals surface area contributed by atoms with Crippen molar-refractivity contribution >= 4 is 75.7 Å². The van der Waals surface area contributed by atoms with E-state index in [2.05, 4.69) is 63.7 Å². The second kappa shape index (κ2) is 11.0. The third kappa shape index (κ3) is 6.28. The fraction of sp³-hybridized carbons (Fsp3) is 0.467. The van der Waals surface area contributed by atoms with Gasteiger partial charge in [0.25, 0.3) is 0 Å². The molecule has 3 N–H and O–H groups in total. The van der Waals surface area contributed by atoms with Crippen molar-refractivity contribution in [2.24, 2.45) is 0 Å². The highest BCUT2D eigenvalue weighted by Crippen LogP contribution is 2.42. The number of aliphatic hydroxyl groups excluding tert-OH is 2. The largest absolute Gasteiger partial charge is 0.478 e. The average molecular weight is 612 g/mol. The van der Waals surface area contributed by atoms with Gasteiger partial charge in [-0.05, 0) is 89.4 Å². The van der Waals surface area contributed by atoms with E-state index in [-0.39, 0.29) is 33.3 Å². The number of hydrogen-bond acceptors (Lipinski definition) is 5. The summed E-state index contributed by atoms with van der Waals surface area (Å²) in [5, 5.41) is 27.8. The van der Waals surface area contributed by atoms with E-state index in [1.807, 2.05) is 0 Å². The number of carbonyl (C=O) groups excluding carboxylic acids is 1. The summed E-state index contributed by atoms with van der Waals surface area (Å²) in [4.78, 5) is 23.9. The van der Waals surface area contributed by atoms with Gasteiger partial charge in [-0.1, -0.05) is 0 Å². The van der Waals surface area contributed by atoms with Crippen LogP contribution >= 0.6 is 63.7 Å². The molecule has 0 fully saturated rings. The molecule has 0 aliphatic carbocycles. The fourth-order valence-electron chi connectivity index (χ4n) is 2.05. The molecule has 1 rings (SSSR count). The Hall–Kier alpha value is -0.000000000000000153. The highest BCUT2D eigenvalue weighted by molar-refractivity contribution is 9.15. The summed E-state index contributed by atoms with van der Waals surface area (Å²) in [6.07, 6.45) is 1.27. The van der Waals surface area contributed by atoms with E-state index in [9.17, 15) is 19.8 Å². The summed E-state index contributed by atoms with van der Waals surface area (Å²) in [6.45, 7) is 0.0666. The van der Waals surface area contributed by atoms with Gasteiger partial charge in [0.15, 0.2) is 0 Å². The second-order valence-electron chi connectivity index (χ2n) is 5.11. The summed E-state index contributed by atoms with van der Waals surface area (Å²) >= 11 is 12.9. The normalized spacial score (nSPS) is 12.1. The topological polar surface area (TPSA) is 104 Å². The lowest BCUT2D eigenvalue weighted by molar-refractivity contribution is 0.0462. The number of esters is 1. The standard InChI is InChI=1S/C15H16Br4O6/c16-10-8(14(22)23)9(11(17)13(19)12(10)18)15(24)25-6-2-4-7(21)3-1-5-20/h7,20-21H,1-6H2,(H,22,23). The number of carbonyl (C=O) groups is 2. The molecule has 6 nitrogen and oxygen atoms in total. The van der Waals surface area contributed by atoms with Gasteiger partial charge in [-0.3, -0.25) is 0 Å². The number of hydrogen-bond donors (Lipinski definition) is 3. The van der Waals surface area contributed by atoms with Crippen LogP contribution in [0.5, 0.6) is 0 Å². The number of rotatable bonds is 9. The van der Waals surface area contributed by atoms with Crippen molar-refractivity contribution in [1.82, 2.24) is 0 Å². The van der Waals surface area contributed by atoms with Gasteiger partial charge in [-0.25, -0.2) is 9.59 Å². The molecule has 0 amide bonds. The molecule has 25 heavy (non-hydrogen) atoms. The van der Waals surface area contributed by atoms with E-state index >= 15 is 0 Å². The van der Waals surface area contributed by atoms with Crippen molar-refractivity contribution in [1.29, 1.82) is 0 Å². The van der Waals surface area contributed by atoms with E-state index in [0.717, 1.165) is 0 Å². The maximum atomic E-state index is 12.4.